The van der Waals surface area contributed by atoms with Crippen LogP contribution in [0.3, 0.4) is 0 Å². The van der Waals surface area contributed by atoms with Crippen LogP contribution in [0.2, 0.25) is 0 Å². The average Bonchev–Trinajstić information content (AvgIpc) is 2.48. The van der Waals surface area contributed by atoms with Gasteiger partial charge in [-0.1, -0.05) is 36.0 Å². The van der Waals surface area contributed by atoms with Gasteiger partial charge in [0.15, 0.2) is 0 Å². The molecule has 1 fully saturated rings. The van der Waals surface area contributed by atoms with E-state index in [2.05, 4.69) is 6.58 Å². The van der Waals surface area contributed by atoms with Crippen molar-refractivity contribution < 1.29 is 14.3 Å². The summed E-state index contributed by atoms with van der Waals surface area (Å²) in [5.41, 5.74) is 0.148. The zero-order valence-corrected chi connectivity index (χ0v) is 15.9. The molecule has 5 nitrogen and oxygen atoms in total. The van der Waals surface area contributed by atoms with Gasteiger partial charge in [0.2, 0.25) is 0 Å². The number of ether oxygens (including phenoxy) is 1. The molecular formula is C19H26N2O3S. The predicted molar refractivity (Wildman–Crippen MR) is 103 cm³/mol. The van der Waals surface area contributed by atoms with E-state index in [4.69, 9.17) is 4.74 Å². The smallest absolute Gasteiger partial charge is 0.414 e. The number of thioether (sulfide) groups is 1. The molecule has 0 aromatic heterocycles. The molecule has 0 aliphatic carbocycles. The molecule has 0 saturated carbocycles. The fourth-order valence-corrected chi connectivity index (χ4v) is 3.16. The lowest BCUT2D eigenvalue weighted by molar-refractivity contribution is 0.0581. The first-order valence-electron chi connectivity index (χ1n) is 8.44. The van der Waals surface area contributed by atoms with E-state index in [0.29, 0.717) is 6.54 Å². The molecule has 1 aromatic carbocycles. The van der Waals surface area contributed by atoms with Crippen LogP contribution in [0.5, 0.6) is 0 Å². The summed E-state index contributed by atoms with van der Waals surface area (Å²) in [5.74, 6) is 0. The Morgan fingerprint density at radius 2 is 1.96 bits per heavy atom. The molecule has 1 saturated heterocycles. The van der Waals surface area contributed by atoms with Crippen molar-refractivity contribution in [3.05, 3.63) is 43.0 Å². The van der Waals surface area contributed by atoms with Crippen LogP contribution in [0.1, 0.15) is 27.2 Å². The van der Waals surface area contributed by atoms with Crippen molar-refractivity contribution >= 4 is 28.8 Å². The average molecular weight is 362 g/mol. The molecule has 2 rings (SSSR count). The molecule has 136 valence electrons. The van der Waals surface area contributed by atoms with E-state index >= 15 is 0 Å². The number of amides is 2. The molecule has 1 aliphatic heterocycles. The molecule has 1 aliphatic rings. The maximum Gasteiger partial charge on any atom is 0.414 e. The second kappa shape index (κ2) is 8.43. The third-order valence-corrected chi connectivity index (χ3v) is 4.78. The molecule has 1 heterocycles. The number of para-hydroxylation sites is 1. The minimum Gasteiger partial charge on any atom is -0.443 e. The molecule has 2 amide bonds. The van der Waals surface area contributed by atoms with Crippen molar-refractivity contribution in [2.24, 2.45) is 0 Å². The van der Waals surface area contributed by atoms with Gasteiger partial charge in [0.25, 0.3) is 5.24 Å². The highest BCUT2D eigenvalue weighted by molar-refractivity contribution is 8.14. The van der Waals surface area contributed by atoms with E-state index in [1.807, 2.05) is 56.0 Å². The predicted octanol–water partition coefficient (Wildman–Crippen LogP) is 4.54. The Kier molecular flexibility index (Phi) is 6.53. The first kappa shape index (κ1) is 19.4. The fraction of sp³-hybridized carbons (Fsp3) is 0.474. The second-order valence-corrected chi connectivity index (χ2v) is 8.12. The molecule has 0 unspecified atom stereocenters. The Morgan fingerprint density at radius 1 is 1.32 bits per heavy atom. The number of likely N-dealkylation sites (tertiary alicyclic amines) is 1. The van der Waals surface area contributed by atoms with Crippen LogP contribution in [0.15, 0.2) is 43.0 Å². The molecule has 1 atom stereocenters. The van der Waals surface area contributed by atoms with Gasteiger partial charge in [-0.05, 0) is 39.3 Å². The third kappa shape index (κ3) is 5.81. The van der Waals surface area contributed by atoms with E-state index in [-0.39, 0.29) is 10.5 Å². The van der Waals surface area contributed by atoms with Crippen LogP contribution >= 0.6 is 11.8 Å². The Hall–Kier alpha value is -1.95. The quantitative estimate of drug-likeness (QED) is 0.722. The largest absolute Gasteiger partial charge is 0.443 e. The molecule has 25 heavy (non-hydrogen) atoms. The maximum atomic E-state index is 12.7. The van der Waals surface area contributed by atoms with Gasteiger partial charge < -0.3 is 9.64 Å². The SMILES string of the molecule is C=C[C@H](CN(C(=O)OC(C)(C)C)c1ccccc1)SC(=O)N1CCC1. The summed E-state index contributed by atoms with van der Waals surface area (Å²) in [7, 11) is 0. The number of rotatable bonds is 5. The highest BCUT2D eigenvalue weighted by atomic mass is 32.2. The monoisotopic (exact) mass is 362 g/mol. The molecule has 0 radical (unpaired) electrons. The highest BCUT2D eigenvalue weighted by Crippen LogP contribution is 2.25. The van der Waals surface area contributed by atoms with Gasteiger partial charge in [-0.2, -0.15) is 0 Å². The minimum atomic E-state index is -0.589. The van der Waals surface area contributed by atoms with Crippen molar-refractivity contribution in [3.8, 4) is 0 Å². The second-order valence-electron chi connectivity index (χ2n) is 6.93. The first-order chi connectivity index (χ1) is 11.8. The van der Waals surface area contributed by atoms with E-state index in [1.165, 1.54) is 11.8 Å². The van der Waals surface area contributed by atoms with Crippen LogP contribution in [-0.2, 0) is 4.74 Å². The van der Waals surface area contributed by atoms with Gasteiger partial charge in [-0.3, -0.25) is 9.69 Å². The summed E-state index contributed by atoms with van der Waals surface area (Å²) >= 11 is 1.21. The Morgan fingerprint density at radius 3 is 2.44 bits per heavy atom. The fourth-order valence-electron chi connectivity index (χ4n) is 2.25. The maximum absolute atomic E-state index is 12.7. The summed E-state index contributed by atoms with van der Waals surface area (Å²) in [6.07, 6.45) is 2.34. The van der Waals surface area contributed by atoms with Crippen LogP contribution in [0, 0.1) is 0 Å². The van der Waals surface area contributed by atoms with Gasteiger partial charge in [0, 0.05) is 25.3 Å². The first-order valence-corrected chi connectivity index (χ1v) is 9.32. The molecule has 0 spiro atoms. The van der Waals surface area contributed by atoms with Crippen LogP contribution in [-0.4, -0.2) is 46.7 Å². The number of hydrogen-bond donors (Lipinski definition) is 0. The third-order valence-electron chi connectivity index (χ3n) is 3.67. The minimum absolute atomic E-state index is 0.0355. The lowest BCUT2D eigenvalue weighted by Crippen LogP contribution is -2.43. The summed E-state index contributed by atoms with van der Waals surface area (Å²) in [6, 6.07) is 9.34. The normalized spacial score (nSPS) is 15.1. The summed E-state index contributed by atoms with van der Waals surface area (Å²) in [5, 5.41) is -0.172. The topological polar surface area (TPSA) is 49.9 Å². The van der Waals surface area contributed by atoms with Crippen LogP contribution in [0.4, 0.5) is 15.3 Å². The standard InChI is InChI=1S/C19H26N2O3S/c1-5-16(25-18(23)20-12-9-13-20)14-21(15-10-7-6-8-11-15)17(22)24-19(2,3)4/h5-8,10-11,16H,1,9,12-14H2,2-4H3/t16-/m1/s1. The van der Waals surface area contributed by atoms with Gasteiger partial charge >= 0.3 is 6.09 Å². The van der Waals surface area contributed by atoms with E-state index in [1.54, 1.807) is 11.0 Å². The Balaban J connectivity index is 2.11. The zero-order chi connectivity index (χ0) is 18.4. The number of benzene rings is 1. The van der Waals surface area contributed by atoms with Crippen molar-refractivity contribution in [2.75, 3.05) is 24.5 Å². The van der Waals surface area contributed by atoms with Crippen molar-refractivity contribution in [1.82, 2.24) is 4.90 Å². The van der Waals surface area contributed by atoms with Gasteiger partial charge in [-0.15, -0.1) is 6.58 Å². The van der Waals surface area contributed by atoms with Gasteiger partial charge in [0.1, 0.15) is 5.60 Å². The lowest BCUT2D eigenvalue weighted by atomic mass is 10.2. The van der Waals surface area contributed by atoms with Crippen molar-refractivity contribution in [3.63, 3.8) is 0 Å². The Bertz CT molecular complexity index is 609. The number of carbonyl (C=O) groups is 2. The zero-order valence-electron chi connectivity index (χ0n) is 15.1. The molecule has 1 aromatic rings. The van der Waals surface area contributed by atoms with Crippen molar-refractivity contribution in [1.29, 1.82) is 0 Å². The van der Waals surface area contributed by atoms with Crippen molar-refractivity contribution in [2.45, 2.75) is 38.0 Å². The summed E-state index contributed by atoms with van der Waals surface area (Å²) in [4.78, 5) is 28.3. The summed E-state index contributed by atoms with van der Waals surface area (Å²) < 4.78 is 5.53. The van der Waals surface area contributed by atoms with Gasteiger partial charge in [-0.25, -0.2) is 4.79 Å². The Labute approximate surface area is 154 Å². The number of hydrogen-bond acceptors (Lipinski definition) is 4. The van der Waals surface area contributed by atoms with E-state index in [0.717, 1.165) is 25.2 Å². The van der Waals surface area contributed by atoms with Gasteiger partial charge in [0.05, 0.1) is 5.25 Å². The lowest BCUT2D eigenvalue weighted by Gasteiger charge is -2.32. The molecular weight excluding hydrogens is 336 g/mol. The van der Waals surface area contributed by atoms with Crippen LogP contribution < -0.4 is 4.90 Å². The molecule has 0 bridgehead atoms. The number of carbonyl (C=O) groups excluding carboxylic acids is 2. The van der Waals surface area contributed by atoms with E-state index in [9.17, 15) is 9.59 Å². The van der Waals surface area contributed by atoms with Crippen LogP contribution in [0.25, 0.3) is 0 Å². The number of nitrogens with zero attached hydrogens (tertiary/aromatic N) is 2. The van der Waals surface area contributed by atoms with E-state index < -0.39 is 11.7 Å². The molecule has 0 N–H and O–H groups in total. The summed E-state index contributed by atoms with van der Waals surface area (Å²) in [6.45, 7) is 11.3. The highest BCUT2D eigenvalue weighted by Gasteiger charge is 2.28. The number of anilines is 1. The molecule has 6 heteroatoms.